The molecule has 0 saturated carbocycles. The first-order valence-corrected chi connectivity index (χ1v) is 7.71. The van der Waals surface area contributed by atoms with Crippen LogP contribution in [0.1, 0.15) is 49.9 Å². The molecule has 0 aliphatic carbocycles. The maximum absolute atomic E-state index is 12.4. The minimum absolute atomic E-state index is 0.0407. The smallest absolute Gasteiger partial charge is 0.289 e. The quantitative estimate of drug-likeness (QED) is 0.900. The van der Waals surface area contributed by atoms with E-state index in [0.29, 0.717) is 17.7 Å². The lowest BCUT2D eigenvalue weighted by Crippen LogP contribution is -2.43. The monoisotopic (exact) mass is 278 g/mol. The van der Waals surface area contributed by atoms with Gasteiger partial charge in [-0.3, -0.25) is 4.79 Å². The van der Waals surface area contributed by atoms with Crippen LogP contribution >= 0.6 is 0 Å². The fourth-order valence-electron chi connectivity index (χ4n) is 2.66. The summed E-state index contributed by atoms with van der Waals surface area (Å²) in [5, 5.41) is 3.47. The maximum atomic E-state index is 12.4. The molecule has 0 spiro atoms. The van der Waals surface area contributed by atoms with Gasteiger partial charge in [0.05, 0.1) is 0 Å². The molecule has 1 aromatic rings. The Labute approximate surface area is 121 Å². The number of hydrogen-bond donors (Lipinski definition) is 1. The number of likely N-dealkylation sites (tertiary alicyclic amines) is 1. The number of hydrogen-bond acceptors (Lipinski definition) is 3. The maximum Gasteiger partial charge on any atom is 0.289 e. The average Bonchev–Trinajstić information content (AvgIpc) is 2.93. The Bertz CT molecular complexity index is 439. The molecule has 0 aromatic carbocycles. The molecule has 1 amide bonds. The van der Waals surface area contributed by atoms with E-state index in [4.69, 9.17) is 4.42 Å². The predicted octanol–water partition coefficient (Wildman–Crippen LogP) is 2.69. The van der Waals surface area contributed by atoms with Gasteiger partial charge in [0.2, 0.25) is 0 Å². The average molecular weight is 278 g/mol. The Hall–Kier alpha value is -1.29. The molecule has 1 aliphatic heterocycles. The van der Waals surface area contributed by atoms with Gasteiger partial charge in [-0.25, -0.2) is 0 Å². The number of amides is 1. The Morgan fingerprint density at radius 1 is 1.50 bits per heavy atom. The van der Waals surface area contributed by atoms with Gasteiger partial charge < -0.3 is 14.6 Å². The predicted molar refractivity (Wildman–Crippen MR) is 79.9 cm³/mol. The number of carbonyl (C=O) groups is 1. The van der Waals surface area contributed by atoms with E-state index in [1.807, 2.05) is 17.9 Å². The van der Waals surface area contributed by atoms with Crippen molar-refractivity contribution in [3.05, 3.63) is 23.7 Å². The molecule has 1 aliphatic rings. The summed E-state index contributed by atoms with van der Waals surface area (Å²) in [6, 6.07) is 4.20. The second-order valence-corrected chi connectivity index (χ2v) is 5.94. The molecule has 112 valence electrons. The standard InChI is InChI=1S/C16H26N2O2/c1-4-14-7-8-15(20-14)16(19)18-9-5-6-13(11-18)10-17-12(2)3/h7-8,12-13,17H,4-6,9-11H2,1-3H3. The van der Waals surface area contributed by atoms with E-state index < -0.39 is 0 Å². The van der Waals surface area contributed by atoms with Gasteiger partial charge in [0.25, 0.3) is 5.91 Å². The van der Waals surface area contributed by atoms with E-state index >= 15 is 0 Å². The van der Waals surface area contributed by atoms with E-state index in [1.165, 1.54) is 6.42 Å². The Kier molecular flexibility index (Phi) is 5.24. The molecule has 1 saturated heterocycles. The second kappa shape index (κ2) is 6.93. The molecule has 4 heteroatoms. The van der Waals surface area contributed by atoms with E-state index in [0.717, 1.165) is 38.2 Å². The summed E-state index contributed by atoms with van der Waals surface area (Å²) in [7, 11) is 0. The molecule has 0 radical (unpaired) electrons. The summed E-state index contributed by atoms with van der Waals surface area (Å²) in [4.78, 5) is 14.4. The minimum Gasteiger partial charge on any atom is -0.456 e. The Morgan fingerprint density at radius 3 is 2.95 bits per heavy atom. The van der Waals surface area contributed by atoms with Crippen LogP contribution in [0.3, 0.4) is 0 Å². The largest absolute Gasteiger partial charge is 0.456 e. The number of rotatable bonds is 5. The minimum atomic E-state index is 0.0407. The van der Waals surface area contributed by atoms with Gasteiger partial charge in [-0.15, -0.1) is 0 Å². The zero-order valence-electron chi connectivity index (χ0n) is 12.8. The molecule has 1 fully saturated rings. The highest BCUT2D eigenvalue weighted by Crippen LogP contribution is 2.19. The van der Waals surface area contributed by atoms with Crippen molar-refractivity contribution in [1.29, 1.82) is 0 Å². The molecule has 20 heavy (non-hydrogen) atoms. The SMILES string of the molecule is CCc1ccc(C(=O)N2CCCC(CNC(C)C)C2)o1. The Morgan fingerprint density at radius 2 is 2.30 bits per heavy atom. The van der Waals surface area contributed by atoms with Gasteiger partial charge in [-0.2, -0.15) is 0 Å². The Balaban J connectivity index is 1.92. The van der Waals surface area contributed by atoms with Crippen molar-refractivity contribution in [3.63, 3.8) is 0 Å². The lowest BCUT2D eigenvalue weighted by Gasteiger charge is -2.32. The van der Waals surface area contributed by atoms with Crippen LogP contribution in [0, 0.1) is 5.92 Å². The second-order valence-electron chi connectivity index (χ2n) is 5.94. The van der Waals surface area contributed by atoms with Crippen molar-refractivity contribution in [2.24, 2.45) is 5.92 Å². The van der Waals surface area contributed by atoms with Crippen molar-refractivity contribution in [3.8, 4) is 0 Å². The van der Waals surface area contributed by atoms with Crippen LogP contribution in [-0.4, -0.2) is 36.5 Å². The van der Waals surface area contributed by atoms with Crippen LogP contribution in [-0.2, 0) is 6.42 Å². The fourth-order valence-corrected chi connectivity index (χ4v) is 2.66. The molecule has 2 heterocycles. The van der Waals surface area contributed by atoms with Crippen LogP contribution in [0.25, 0.3) is 0 Å². The molecule has 1 N–H and O–H groups in total. The zero-order valence-corrected chi connectivity index (χ0v) is 12.8. The van der Waals surface area contributed by atoms with Crippen LogP contribution in [0.4, 0.5) is 0 Å². The summed E-state index contributed by atoms with van der Waals surface area (Å²) in [6.07, 6.45) is 3.10. The number of piperidine rings is 1. The first-order valence-electron chi connectivity index (χ1n) is 7.71. The molecular formula is C16H26N2O2. The van der Waals surface area contributed by atoms with Gasteiger partial charge >= 0.3 is 0 Å². The fraction of sp³-hybridized carbons (Fsp3) is 0.688. The van der Waals surface area contributed by atoms with Gasteiger partial charge in [-0.05, 0) is 37.4 Å². The normalized spacial score (nSPS) is 19.6. The lowest BCUT2D eigenvalue weighted by atomic mass is 9.97. The number of aryl methyl sites for hydroxylation is 1. The third-order valence-electron chi connectivity index (χ3n) is 3.84. The van der Waals surface area contributed by atoms with Crippen molar-refractivity contribution in [2.75, 3.05) is 19.6 Å². The van der Waals surface area contributed by atoms with E-state index in [-0.39, 0.29) is 5.91 Å². The summed E-state index contributed by atoms with van der Waals surface area (Å²) >= 11 is 0. The zero-order chi connectivity index (χ0) is 14.5. The number of furan rings is 1. The van der Waals surface area contributed by atoms with Crippen molar-refractivity contribution in [2.45, 2.75) is 46.1 Å². The highest BCUT2D eigenvalue weighted by molar-refractivity contribution is 5.91. The van der Waals surface area contributed by atoms with Gasteiger partial charge in [0.1, 0.15) is 5.76 Å². The van der Waals surface area contributed by atoms with E-state index in [9.17, 15) is 4.79 Å². The molecule has 2 rings (SSSR count). The molecule has 0 bridgehead atoms. The topological polar surface area (TPSA) is 45.5 Å². The van der Waals surface area contributed by atoms with Crippen molar-refractivity contribution in [1.82, 2.24) is 10.2 Å². The first kappa shape index (κ1) is 15.1. The van der Waals surface area contributed by atoms with Crippen molar-refractivity contribution < 1.29 is 9.21 Å². The van der Waals surface area contributed by atoms with Gasteiger partial charge in [0, 0.05) is 25.6 Å². The van der Waals surface area contributed by atoms with Crippen molar-refractivity contribution >= 4 is 5.91 Å². The lowest BCUT2D eigenvalue weighted by molar-refractivity contribution is 0.0638. The third kappa shape index (κ3) is 3.85. The molecule has 1 unspecified atom stereocenters. The molecular weight excluding hydrogens is 252 g/mol. The number of nitrogens with zero attached hydrogens (tertiary/aromatic N) is 1. The first-order chi connectivity index (χ1) is 9.60. The number of carbonyl (C=O) groups excluding carboxylic acids is 1. The summed E-state index contributed by atoms with van der Waals surface area (Å²) in [5.74, 6) is 1.96. The third-order valence-corrected chi connectivity index (χ3v) is 3.84. The number of nitrogens with one attached hydrogen (secondary N) is 1. The molecule has 1 atom stereocenters. The van der Waals surface area contributed by atoms with Crippen LogP contribution in [0.15, 0.2) is 16.5 Å². The molecule has 4 nitrogen and oxygen atoms in total. The van der Waals surface area contributed by atoms with Crippen LogP contribution in [0.2, 0.25) is 0 Å². The summed E-state index contributed by atoms with van der Waals surface area (Å²) in [5.41, 5.74) is 0. The van der Waals surface area contributed by atoms with Gasteiger partial charge in [-0.1, -0.05) is 20.8 Å². The van der Waals surface area contributed by atoms with E-state index in [2.05, 4.69) is 19.2 Å². The van der Waals surface area contributed by atoms with Gasteiger partial charge in [0.15, 0.2) is 5.76 Å². The summed E-state index contributed by atoms with van der Waals surface area (Å²) in [6.45, 7) is 9.00. The molecule has 1 aromatic heterocycles. The highest BCUT2D eigenvalue weighted by atomic mass is 16.4. The van der Waals surface area contributed by atoms with Crippen LogP contribution < -0.4 is 5.32 Å². The summed E-state index contributed by atoms with van der Waals surface area (Å²) < 4.78 is 5.57. The highest BCUT2D eigenvalue weighted by Gasteiger charge is 2.26. The van der Waals surface area contributed by atoms with Crippen LogP contribution in [0.5, 0.6) is 0 Å². The van der Waals surface area contributed by atoms with E-state index in [1.54, 1.807) is 6.07 Å².